The fourth-order valence-electron chi connectivity index (χ4n) is 0.832. The fraction of sp³-hybridized carbons (Fsp3) is 0.556. The first kappa shape index (κ1) is 9.77. The molecule has 4 nitrogen and oxygen atoms in total. The Kier molecular flexibility index (Phi) is 2.70. The van der Waals surface area contributed by atoms with Crippen LogP contribution in [0.3, 0.4) is 0 Å². The van der Waals surface area contributed by atoms with Crippen molar-refractivity contribution in [3.63, 3.8) is 0 Å². The molecule has 0 radical (unpaired) electrons. The predicted molar refractivity (Wildman–Crippen MR) is 50.6 cm³/mol. The molecule has 1 aliphatic heterocycles. The van der Waals surface area contributed by atoms with Gasteiger partial charge < -0.3 is 4.74 Å². The molecule has 0 aromatic rings. The van der Waals surface area contributed by atoms with Crippen molar-refractivity contribution < 1.29 is 9.53 Å². The van der Waals surface area contributed by atoms with Crippen LogP contribution in [0.4, 0.5) is 4.79 Å². The molecule has 0 aliphatic carbocycles. The number of carbonyl (C=O) groups excluding carboxylic acids is 1. The highest BCUT2D eigenvalue weighted by molar-refractivity contribution is 5.75. The second kappa shape index (κ2) is 3.60. The standard InChI is InChI=1S/C9H14N2O2/c1-9(2,3)13-8(12)11-6-4-10-5-7-11/h4-6H,7H2,1-3H3. The molecule has 13 heavy (non-hydrogen) atoms. The molecule has 0 spiro atoms. The minimum absolute atomic E-state index is 0.338. The Labute approximate surface area is 77.9 Å². The molecule has 0 atom stereocenters. The molecular formula is C9H14N2O2. The Morgan fingerprint density at radius 1 is 1.54 bits per heavy atom. The van der Waals surface area contributed by atoms with Gasteiger partial charge in [0.1, 0.15) is 5.60 Å². The summed E-state index contributed by atoms with van der Waals surface area (Å²) in [6.45, 7) is 6.00. The lowest BCUT2D eigenvalue weighted by atomic mass is 10.2. The summed E-state index contributed by atoms with van der Waals surface area (Å²) in [5.74, 6) is 0. The second-order valence-corrected chi connectivity index (χ2v) is 3.76. The van der Waals surface area contributed by atoms with Crippen molar-refractivity contribution in [2.24, 2.45) is 4.99 Å². The summed E-state index contributed by atoms with van der Waals surface area (Å²) in [4.78, 5) is 16.7. The molecule has 1 heterocycles. The average molecular weight is 182 g/mol. The van der Waals surface area contributed by atoms with Crippen molar-refractivity contribution in [3.8, 4) is 0 Å². The highest BCUT2D eigenvalue weighted by Gasteiger charge is 2.20. The number of rotatable bonds is 0. The van der Waals surface area contributed by atoms with Crippen LogP contribution in [0.25, 0.3) is 0 Å². The maximum atomic E-state index is 11.4. The third kappa shape index (κ3) is 3.27. The largest absolute Gasteiger partial charge is 0.443 e. The zero-order valence-corrected chi connectivity index (χ0v) is 8.15. The maximum Gasteiger partial charge on any atom is 0.414 e. The van der Waals surface area contributed by atoms with Gasteiger partial charge in [-0.3, -0.25) is 9.89 Å². The van der Waals surface area contributed by atoms with Crippen LogP contribution in [0.15, 0.2) is 17.4 Å². The quantitative estimate of drug-likeness (QED) is 0.573. The van der Waals surface area contributed by atoms with Gasteiger partial charge in [0.2, 0.25) is 0 Å². The summed E-state index contributed by atoms with van der Waals surface area (Å²) in [5.41, 5.74) is -0.445. The van der Waals surface area contributed by atoms with Crippen molar-refractivity contribution in [2.45, 2.75) is 26.4 Å². The molecular weight excluding hydrogens is 168 g/mol. The Morgan fingerprint density at radius 2 is 2.23 bits per heavy atom. The van der Waals surface area contributed by atoms with Gasteiger partial charge in [0.25, 0.3) is 0 Å². The van der Waals surface area contributed by atoms with E-state index < -0.39 is 5.60 Å². The normalized spacial score (nSPS) is 16.1. The van der Waals surface area contributed by atoms with Crippen LogP contribution in [0, 0.1) is 0 Å². The van der Waals surface area contributed by atoms with Gasteiger partial charge in [-0.25, -0.2) is 4.79 Å². The van der Waals surface area contributed by atoms with E-state index in [1.165, 1.54) is 4.90 Å². The Hall–Kier alpha value is -1.32. The molecule has 1 rings (SSSR count). The van der Waals surface area contributed by atoms with Gasteiger partial charge in [-0.15, -0.1) is 0 Å². The van der Waals surface area contributed by atoms with E-state index in [0.717, 1.165) is 0 Å². The Bertz CT molecular complexity index is 251. The highest BCUT2D eigenvalue weighted by Crippen LogP contribution is 2.10. The van der Waals surface area contributed by atoms with E-state index in [1.807, 2.05) is 20.8 Å². The maximum absolute atomic E-state index is 11.4. The number of ether oxygens (including phenoxy) is 1. The lowest BCUT2D eigenvalue weighted by molar-refractivity contribution is 0.0356. The summed E-state index contributed by atoms with van der Waals surface area (Å²) in [5, 5.41) is 0. The second-order valence-electron chi connectivity index (χ2n) is 3.76. The van der Waals surface area contributed by atoms with Crippen LogP contribution >= 0.6 is 0 Å². The van der Waals surface area contributed by atoms with Gasteiger partial charge >= 0.3 is 6.09 Å². The van der Waals surface area contributed by atoms with Gasteiger partial charge in [-0.1, -0.05) is 0 Å². The van der Waals surface area contributed by atoms with Gasteiger partial charge in [0.15, 0.2) is 0 Å². The van der Waals surface area contributed by atoms with Crippen LogP contribution in [0.5, 0.6) is 0 Å². The third-order valence-electron chi connectivity index (χ3n) is 1.34. The van der Waals surface area contributed by atoms with Crippen LogP contribution in [0.2, 0.25) is 0 Å². The van der Waals surface area contributed by atoms with Gasteiger partial charge in [-0.05, 0) is 20.8 Å². The summed E-state index contributed by atoms with van der Waals surface area (Å²) in [7, 11) is 0. The van der Waals surface area contributed by atoms with E-state index in [9.17, 15) is 4.79 Å². The van der Waals surface area contributed by atoms with E-state index in [1.54, 1.807) is 18.6 Å². The number of hydrogen-bond acceptors (Lipinski definition) is 3. The molecule has 0 saturated heterocycles. The Morgan fingerprint density at radius 3 is 2.69 bits per heavy atom. The molecule has 72 valence electrons. The van der Waals surface area contributed by atoms with E-state index in [4.69, 9.17) is 4.74 Å². The predicted octanol–water partition coefficient (Wildman–Crippen LogP) is 1.78. The number of hydrogen-bond donors (Lipinski definition) is 0. The lowest BCUT2D eigenvalue weighted by Gasteiger charge is -2.24. The van der Waals surface area contributed by atoms with E-state index >= 15 is 0 Å². The summed E-state index contributed by atoms with van der Waals surface area (Å²) < 4.78 is 5.15. The van der Waals surface area contributed by atoms with E-state index in [2.05, 4.69) is 4.99 Å². The van der Waals surface area contributed by atoms with Crippen molar-refractivity contribution in [1.29, 1.82) is 0 Å². The molecule has 1 amide bonds. The van der Waals surface area contributed by atoms with Crippen LogP contribution < -0.4 is 0 Å². The number of aliphatic imine (C=N–C) groups is 1. The van der Waals surface area contributed by atoms with Crippen LogP contribution in [-0.4, -0.2) is 29.4 Å². The lowest BCUT2D eigenvalue weighted by Crippen LogP contribution is -2.35. The molecule has 0 fully saturated rings. The Balaban J connectivity index is 2.49. The zero-order valence-electron chi connectivity index (χ0n) is 8.15. The fourth-order valence-corrected chi connectivity index (χ4v) is 0.832. The molecule has 0 bridgehead atoms. The summed E-state index contributed by atoms with van der Waals surface area (Å²) in [6.07, 6.45) is 4.49. The smallest absolute Gasteiger partial charge is 0.414 e. The molecule has 0 aromatic heterocycles. The molecule has 0 N–H and O–H groups in total. The number of nitrogens with zero attached hydrogens (tertiary/aromatic N) is 2. The van der Waals surface area contributed by atoms with Gasteiger partial charge in [0.05, 0.1) is 6.54 Å². The first-order valence-electron chi connectivity index (χ1n) is 4.17. The van der Waals surface area contributed by atoms with Crippen molar-refractivity contribution in [3.05, 3.63) is 12.4 Å². The van der Waals surface area contributed by atoms with Crippen molar-refractivity contribution in [2.75, 3.05) is 6.54 Å². The minimum Gasteiger partial charge on any atom is -0.443 e. The van der Waals surface area contributed by atoms with Crippen LogP contribution in [-0.2, 0) is 4.74 Å². The minimum atomic E-state index is -0.445. The highest BCUT2D eigenvalue weighted by atomic mass is 16.6. The van der Waals surface area contributed by atoms with Crippen molar-refractivity contribution >= 4 is 12.3 Å². The monoisotopic (exact) mass is 182 g/mol. The van der Waals surface area contributed by atoms with E-state index in [-0.39, 0.29) is 6.09 Å². The number of carbonyl (C=O) groups is 1. The average Bonchev–Trinajstić information content (AvgIpc) is 2.03. The molecule has 1 aliphatic rings. The first-order chi connectivity index (χ1) is 5.99. The first-order valence-corrected chi connectivity index (χ1v) is 4.17. The summed E-state index contributed by atoms with van der Waals surface area (Å²) in [6, 6.07) is 0. The van der Waals surface area contributed by atoms with Crippen molar-refractivity contribution in [1.82, 2.24) is 4.90 Å². The molecule has 4 heteroatoms. The van der Waals surface area contributed by atoms with E-state index in [0.29, 0.717) is 6.54 Å². The SMILES string of the molecule is CC(C)(C)OC(=O)N1C=CN=CC1. The van der Waals surface area contributed by atoms with Gasteiger partial charge in [0, 0.05) is 18.6 Å². The molecule has 0 unspecified atom stereocenters. The van der Waals surface area contributed by atoms with Gasteiger partial charge in [-0.2, -0.15) is 0 Å². The molecule has 0 aromatic carbocycles. The third-order valence-corrected chi connectivity index (χ3v) is 1.34. The zero-order chi connectivity index (χ0) is 9.90. The topological polar surface area (TPSA) is 41.9 Å². The summed E-state index contributed by atoms with van der Waals surface area (Å²) >= 11 is 0. The number of amides is 1. The molecule has 0 saturated carbocycles. The van der Waals surface area contributed by atoms with Crippen LogP contribution in [0.1, 0.15) is 20.8 Å².